The van der Waals surface area contributed by atoms with Gasteiger partial charge in [0.2, 0.25) is 5.95 Å². The van der Waals surface area contributed by atoms with Gasteiger partial charge in [-0.25, -0.2) is 4.98 Å². The molecule has 4 rings (SSSR count). The van der Waals surface area contributed by atoms with Gasteiger partial charge in [0.1, 0.15) is 5.82 Å². The number of hydrogen-bond donors (Lipinski definition) is 1. The Labute approximate surface area is 161 Å². The highest BCUT2D eigenvalue weighted by Gasteiger charge is 2.23. The molecule has 0 bridgehead atoms. The van der Waals surface area contributed by atoms with Crippen molar-refractivity contribution in [2.75, 3.05) is 49.6 Å². The standard InChI is InChI=1S/C21H29N5O/c1-16-3-4-17(2)18(13-16)14-25-8-6-19(15-25)23-20-5-7-22-21(24-20)26-9-11-27-12-10-26/h3-5,7,13,19H,6,8-12,14-15H2,1-2H3,(H,22,23,24). The number of ether oxygens (including phenoxy) is 1. The van der Waals surface area contributed by atoms with Crippen molar-refractivity contribution in [2.45, 2.75) is 32.9 Å². The minimum Gasteiger partial charge on any atom is -0.378 e. The fourth-order valence-electron chi connectivity index (χ4n) is 3.86. The van der Waals surface area contributed by atoms with E-state index in [0.29, 0.717) is 6.04 Å². The maximum atomic E-state index is 5.42. The monoisotopic (exact) mass is 367 g/mol. The van der Waals surface area contributed by atoms with Gasteiger partial charge in [-0.05, 0) is 37.5 Å². The van der Waals surface area contributed by atoms with Crippen LogP contribution in [0.5, 0.6) is 0 Å². The topological polar surface area (TPSA) is 53.5 Å². The molecule has 1 unspecified atom stereocenters. The third-order valence-corrected chi connectivity index (χ3v) is 5.46. The van der Waals surface area contributed by atoms with E-state index in [-0.39, 0.29) is 0 Å². The van der Waals surface area contributed by atoms with Gasteiger partial charge < -0.3 is 15.0 Å². The zero-order valence-electron chi connectivity index (χ0n) is 16.3. The summed E-state index contributed by atoms with van der Waals surface area (Å²) in [7, 11) is 0. The smallest absolute Gasteiger partial charge is 0.227 e. The quantitative estimate of drug-likeness (QED) is 0.877. The molecule has 1 atom stereocenters. The van der Waals surface area contributed by atoms with Crippen LogP contribution in [0.2, 0.25) is 0 Å². The van der Waals surface area contributed by atoms with Crippen molar-refractivity contribution in [1.82, 2.24) is 14.9 Å². The molecular weight excluding hydrogens is 338 g/mol. The van der Waals surface area contributed by atoms with Crippen LogP contribution >= 0.6 is 0 Å². The molecule has 6 nitrogen and oxygen atoms in total. The molecule has 2 aromatic rings. The molecule has 144 valence electrons. The van der Waals surface area contributed by atoms with Crippen LogP contribution in [0.15, 0.2) is 30.5 Å². The van der Waals surface area contributed by atoms with Crippen molar-refractivity contribution in [2.24, 2.45) is 0 Å². The number of likely N-dealkylation sites (tertiary alicyclic amines) is 1. The van der Waals surface area contributed by atoms with Crippen molar-refractivity contribution < 1.29 is 4.74 Å². The number of nitrogens with zero attached hydrogens (tertiary/aromatic N) is 4. The van der Waals surface area contributed by atoms with Crippen LogP contribution in [0.1, 0.15) is 23.1 Å². The van der Waals surface area contributed by atoms with E-state index in [9.17, 15) is 0 Å². The number of aryl methyl sites for hydroxylation is 2. The van der Waals surface area contributed by atoms with E-state index in [4.69, 9.17) is 9.72 Å². The van der Waals surface area contributed by atoms with E-state index in [1.807, 2.05) is 12.3 Å². The lowest BCUT2D eigenvalue weighted by Crippen LogP contribution is -2.37. The van der Waals surface area contributed by atoms with E-state index in [2.05, 4.69) is 52.1 Å². The maximum Gasteiger partial charge on any atom is 0.227 e. The Bertz CT molecular complexity index is 775. The average molecular weight is 367 g/mol. The molecule has 0 saturated carbocycles. The van der Waals surface area contributed by atoms with E-state index in [1.165, 1.54) is 16.7 Å². The van der Waals surface area contributed by atoms with Gasteiger partial charge in [0.15, 0.2) is 0 Å². The van der Waals surface area contributed by atoms with Gasteiger partial charge in [-0.1, -0.05) is 23.8 Å². The Morgan fingerprint density at radius 3 is 2.85 bits per heavy atom. The van der Waals surface area contributed by atoms with Gasteiger partial charge in [-0.3, -0.25) is 4.90 Å². The minimum absolute atomic E-state index is 0.433. The summed E-state index contributed by atoms with van der Waals surface area (Å²) in [5.41, 5.74) is 4.15. The molecule has 0 spiro atoms. The van der Waals surface area contributed by atoms with Crippen LogP contribution in [0, 0.1) is 13.8 Å². The van der Waals surface area contributed by atoms with Gasteiger partial charge in [0.05, 0.1) is 13.2 Å². The molecule has 0 radical (unpaired) electrons. The van der Waals surface area contributed by atoms with E-state index >= 15 is 0 Å². The van der Waals surface area contributed by atoms with Gasteiger partial charge in [-0.2, -0.15) is 4.98 Å². The van der Waals surface area contributed by atoms with Gasteiger partial charge >= 0.3 is 0 Å². The van der Waals surface area contributed by atoms with Crippen LogP contribution in [0.25, 0.3) is 0 Å². The Kier molecular flexibility index (Phi) is 5.55. The summed E-state index contributed by atoms with van der Waals surface area (Å²) < 4.78 is 5.42. The van der Waals surface area contributed by atoms with Crippen LogP contribution < -0.4 is 10.2 Å². The van der Waals surface area contributed by atoms with Crippen molar-refractivity contribution >= 4 is 11.8 Å². The second kappa shape index (κ2) is 8.23. The third kappa shape index (κ3) is 4.57. The SMILES string of the molecule is Cc1ccc(C)c(CN2CCC(Nc3ccnc(N4CCOCC4)n3)C2)c1. The summed E-state index contributed by atoms with van der Waals surface area (Å²) in [4.78, 5) is 13.9. The van der Waals surface area contributed by atoms with E-state index < -0.39 is 0 Å². The largest absolute Gasteiger partial charge is 0.378 e. The number of anilines is 2. The lowest BCUT2D eigenvalue weighted by molar-refractivity contribution is 0.122. The summed E-state index contributed by atoms with van der Waals surface area (Å²) in [6.45, 7) is 10.8. The number of nitrogens with one attached hydrogen (secondary N) is 1. The van der Waals surface area contributed by atoms with Crippen LogP contribution in [-0.2, 0) is 11.3 Å². The third-order valence-electron chi connectivity index (χ3n) is 5.46. The maximum absolute atomic E-state index is 5.42. The summed E-state index contributed by atoms with van der Waals surface area (Å²) >= 11 is 0. The molecule has 2 aliphatic rings. The highest BCUT2D eigenvalue weighted by Crippen LogP contribution is 2.20. The molecule has 6 heteroatoms. The molecule has 2 fully saturated rings. The molecule has 1 N–H and O–H groups in total. The summed E-state index contributed by atoms with van der Waals surface area (Å²) in [5, 5.41) is 3.61. The van der Waals surface area contributed by atoms with Crippen molar-refractivity contribution in [3.05, 3.63) is 47.2 Å². The first-order valence-corrected chi connectivity index (χ1v) is 9.88. The van der Waals surface area contributed by atoms with Crippen LogP contribution in [0.3, 0.4) is 0 Å². The number of hydrogen-bond acceptors (Lipinski definition) is 6. The van der Waals surface area contributed by atoms with Crippen molar-refractivity contribution in [1.29, 1.82) is 0 Å². The van der Waals surface area contributed by atoms with Gasteiger partial charge in [0.25, 0.3) is 0 Å². The first kappa shape index (κ1) is 18.2. The molecule has 1 aromatic heterocycles. The lowest BCUT2D eigenvalue weighted by Gasteiger charge is -2.27. The minimum atomic E-state index is 0.433. The number of rotatable bonds is 5. The fraction of sp³-hybridized carbons (Fsp3) is 0.524. The molecule has 0 amide bonds. The number of aromatic nitrogens is 2. The fourth-order valence-corrected chi connectivity index (χ4v) is 3.86. The van der Waals surface area contributed by atoms with E-state index in [1.54, 1.807) is 0 Å². The predicted octanol–water partition coefficient (Wildman–Crippen LogP) is 2.62. The first-order chi connectivity index (χ1) is 13.2. The van der Waals surface area contributed by atoms with Crippen LogP contribution in [-0.4, -0.2) is 60.3 Å². The Hall–Kier alpha value is -2.18. The van der Waals surface area contributed by atoms with Gasteiger partial charge in [0, 0.05) is 45.0 Å². The molecule has 0 aliphatic carbocycles. The average Bonchev–Trinajstić information content (AvgIpc) is 3.12. The number of morpholine rings is 1. The molecule has 27 heavy (non-hydrogen) atoms. The Balaban J connectivity index is 1.35. The molecule has 1 aromatic carbocycles. The normalized spacial score (nSPS) is 20.8. The lowest BCUT2D eigenvalue weighted by atomic mass is 10.1. The molecule has 2 saturated heterocycles. The Morgan fingerprint density at radius 1 is 1.15 bits per heavy atom. The highest BCUT2D eigenvalue weighted by molar-refractivity contribution is 5.42. The molecule has 2 aliphatic heterocycles. The second-order valence-corrected chi connectivity index (χ2v) is 7.64. The summed E-state index contributed by atoms with van der Waals surface area (Å²) in [6, 6.07) is 9.13. The summed E-state index contributed by atoms with van der Waals surface area (Å²) in [6.07, 6.45) is 2.99. The second-order valence-electron chi connectivity index (χ2n) is 7.64. The predicted molar refractivity (Wildman–Crippen MR) is 108 cm³/mol. The molecule has 3 heterocycles. The van der Waals surface area contributed by atoms with Crippen molar-refractivity contribution in [3.63, 3.8) is 0 Å². The number of benzene rings is 1. The Morgan fingerprint density at radius 2 is 2.00 bits per heavy atom. The zero-order chi connectivity index (χ0) is 18.6. The first-order valence-electron chi connectivity index (χ1n) is 9.88. The van der Waals surface area contributed by atoms with Crippen molar-refractivity contribution in [3.8, 4) is 0 Å². The molecular formula is C21H29N5O. The van der Waals surface area contributed by atoms with Crippen LogP contribution in [0.4, 0.5) is 11.8 Å². The zero-order valence-corrected chi connectivity index (χ0v) is 16.3. The highest BCUT2D eigenvalue weighted by atomic mass is 16.5. The summed E-state index contributed by atoms with van der Waals surface area (Å²) in [5.74, 6) is 1.72. The van der Waals surface area contributed by atoms with E-state index in [0.717, 1.165) is 64.1 Å². The van der Waals surface area contributed by atoms with Gasteiger partial charge in [-0.15, -0.1) is 0 Å².